The fraction of sp³-hybridized carbons (Fsp3) is 0.778. The second-order valence-corrected chi connectivity index (χ2v) is 8.53. The van der Waals surface area contributed by atoms with E-state index in [0.717, 1.165) is 13.0 Å². The fourth-order valence-electron chi connectivity index (χ4n) is 3.77. The Balaban J connectivity index is 2.49. The lowest BCUT2D eigenvalue weighted by Gasteiger charge is -2.41. The first kappa shape index (κ1) is 16.1. The zero-order valence-electron chi connectivity index (χ0n) is 14.6. The van der Waals surface area contributed by atoms with Crippen molar-refractivity contribution in [3.05, 3.63) is 11.3 Å². The molecule has 2 aliphatic rings. The first-order chi connectivity index (χ1) is 9.55. The van der Waals surface area contributed by atoms with Crippen molar-refractivity contribution in [3.63, 3.8) is 0 Å². The van der Waals surface area contributed by atoms with Crippen LogP contribution in [0.4, 0.5) is 0 Å². The van der Waals surface area contributed by atoms with Crippen LogP contribution in [0.25, 0.3) is 0 Å². The number of fused-ring (bicyclic) bond motifs is 1. The molecular weight excluding hydrogens is 258 g/mol. The van der Waals surface area contributed by atoms with E-state index in [4.69, 9.17) is 10.3 Å². The Hall–Kier alpha value is -1.30. The molecule has 3 heteroatoms. The first-order valence-corrected chi connectivity index (χ1v) is 8.02. The molecule has 0 N–H and O–H groups in total. The van der Waals surface area contributed by atoms with E-state index in [1.807, 2.05) is 0 Å². The van der Waals surface area contributed by atoms with Crippen molar-refractivity contribution < 1.29 is 0 Å². The molecule has 116 valence electrons. The van der Waals surface area contributed by atoms with Crippen LogP contribution in [-0.2, 0) is 0 Å². The standard InChI is InChI=1S/C18H29N3/c1-12-15(17(2,3)4)14-10-13(8-9-19)11-21(14)16(20-12)18(5,6)7/h12-13H,8,10-11H2,1-7H3/t12-,13+/m0/s1. The predicted molar refractivity (Wildman–Crippen MR) is 87.9 cm³/mol. The minimum atomic E-state index is 0.0461. The summed E-state index contributed by atoms with van der Waals surface area (Å²) in [7, 11) is 0. The highest BCUT2D eigenvalue weighted by molar-refractivity contribution is 5.90. The van der Waals surface area contributed by atoms with E-state index in [1.165, 1.54) is 17.1 Å². The van der Waals surface area contributed by atoms with E-state index in [9.17, 15) is 0 Å². The molecule has 3 nitrogen and oxygen atoms in total. The average molecular weight is 287 g/mol. The Labute approximate surface area is 129 Å². The molecule has 1 saturated heterocycles. The van der Waals surface area contributed by atoms with Gasteiger partial charge in [-0.15, -0.1) is 0 Å². The third kappa shape index (κ3) is 3.00. The van der Waals surface area contributed by atoms with Crippen LogP contribution in [0, 0.1) is 28.1 Å². The van der Waals surface area contributed by atoms with Crippen molar-refractivity contribution in [2.75, 3.05) is 6.54 Å². The van der Waals surface area contributed by atoms with Crippen molar-refractivity contribution in [3.8, 4) is 6.07 Å². The molecule has 0 radical (unpaired) electrons. The summed E-state index contributed by atoms with van der Waals surface area (Å²) in [5.74, 6) is 1.64. The predicted octanol–water partition coefficient (Wildman–Crippen LogP) is 4.37. The van der Waals surface area contributed by atoms with Gasteiger partial charge in [0, 0.05) is 24.1 Å². The lowest BCUT2D eigenvalue weighted by molar-refractivity contribution is 0.390. The molecule has 0 aliphatic carbocycles. The van der Waals surface area contributed by atoms with Crippen molar-refractivity contribution >= 4 is 5.84 Å². The van der Waals surface area contributed by atoms with Gasteiger partial charge in [0.25, 0.3) is 0 Å². The van der Waals surface area contributed by atoms with Crippen molar-refractivity contribution in [2.45, 2.75) is 67.3 Å². The van der Waals surface area contributed by atoms with E-state index < -0.39 is 0 Å². The number of allylic oxidation sites excluding steroid dienone is 1. The third-order valence-corrected chi connectivity index (χ3v) is 4.41. The summed E-state index contributed by atoms with van der Waals surface area (Å²) >= 11 is 0. The minimum absolute atomic E-state index is 0.0461. The number of nitriles is 1. The molecule has 2 heterocycles. The van der Waals surface area contributed by atoms with E-state index in [1.54, 1.807) is 0 Å². The minimum Gasteiger partial charge on any atom is -0.333 e. The molecule has 0 spiro atoms. The van der Waals surface area contributed by atoms with E-state index in [0.29, 0.717) is 12.3 Å². The molecule has 2 aliphatic heterocycles. The second kappa shape index (κ2) is 5.16. The maximum absolute atomic E-state index is 9.05. The largest absolute Gasteiger partial charge is 0.333 e. The average Bonchev–Trinajstić information content (AvgIpc) is 2.67. The lowest BCUT2D eigenvalue weighted by Crippen LogP contribution is -2.43. The number of hydrogen-bond acceptors (Lipinski definition) is 3. The highest BCUT2D eigenvalue weighted by Gasteiger charge is 2.42. The van der Waals surface area contributed by atoms with Crippen LogP contribution in [0.3, 0.4) is 0 Å². The van der Waals surface area contributed by atoms with Crippen molar-refractivity contribution in [1.29, 1.82) is 5.26 Å². The number of aliphatic imine (C=N–C) groups is 1. The molecule has 2 rings (SSSR count). The van der Waals surface area contributed by atoms with Gasteiger partial charge in [-0.25, -0.2) is 0 Å². The Morgan fingerprint density at radius 1 is 1.19 bits per heavy atom. The molecule has 0 amide bonds. The molecule has 0 aromatic rings. The number of hydrogen-bond donors (Lipinski definition) is 0. The number of amidine groups is 1. The van der Waals surface area contributed by atoms with Crippen molar-refractivity contribution in [1.82, 2.24) is 4.90 Å². The third-order valence-electron chi connectivity index (χ3n) is 4.41. The van der Waals surface area contributed by atoms with Crippen LogP contribution in [0.5, 0.6) is 0 Å². The van der Waals surface area contributed by atoms with Gasteiger partial charge in [-0.1, -0.05) is 41.5 Å². The Morgan fingerprint density at radius 2 is 1.81 bits per heavy atom. The smallest absolute Gasteiger partial charge is 0.109 e. The van der Waals surface area contributed by atoms with Crippen LogP contribution >= 0.6 is 0 Å². The van der Waals surface area contributed by atoms with Gasteiger partial charge in [-0.05, 0) is 30.3 Å². The van der Waals surface area contributed by atoms with Crippen LogP contribution in [-0.4, -0.2) is 23.3 Å². The van der Waals surface area contributed by atoms with Crippen LogP contribution in [0.15, 0.2) is 16.3 Å². The Kier molecular flexibility index (Phi) is 3.95. The lowest BCUT2D eigenvalue weighted by atomic mass is 9.79. The van der Waals surface area contributed by atoms with Gasteiger partial charge in [-0.3, -0.25) is 4.99 Å². The van der Waals surface area contributed by atoms with Gasteiger partial charge in [0.1, 0.15) is 5.84 Å². The second-order valence-electron chi connectivity index (χ2n) is 8.53. The first-order valence-electron chi connectivity index (χ1n) is 8.02. The Bertz CT molecular complexity index is 520. The quantitative estimate of drug-likeness (QED) is 0.718. The summed E-state index contributed by atoms with van der Waals surface area (Å²) < 4.78 is 0. The van der Waals surface area contributed by atoms with Gasteiger partial charge in [0.15, 0.2) is 0 Å². The van der Waals surface area contributed by atoms with Gasteiger partial charge in [0.2, 0.25) is 0 Å². The SMILES string of the molecule is C[C@@H]1N=C(C(C)(C)C)N2C[C@H](CC#N)CC2=C1C(C)(C)C. The monoisotopic (exact) mass is 287 g/mol. The summed E-state index contributed by atoms with van der Waals surface area (Å²) in [4.78, 5) is 7.46. The highest BCUT2D eigenvalue weighted by Crippen LogP contribution is 2.44. The summed E-state index contributed by atoms with van der Waals surface area (Å²) in [5.41, 5.74) is 3.07. The summed E-state index contributed by atoms with van der Waals surface area (Å²) in [5, 5.41) is 9.05. The maximum atomic E-state index is 9.05. The molecule has 0 unspecified atom stereocenters. The summed E-state index contributed by atoms with van der Waals surface area (Å²) in [6.45, 7) is 16.7. The van der Waals surface area contributed by atoms with Crippen molar-refractivity contribution in [2.24, 2.45) is 21.7 Å². The fourth-order valence-corrected chi connectivity index (χ4v) is 3.77. The number of rotatable bonds is 1. The van der Waals surface area contributed by atoms with Gasteiger partial charge in [-0.2, -0.15) is 5.26 Å². The highest BCUT2D eigenvalue weighted by atomic mass is 15.3. The summed E-state index contributed by atoms with van der Waals surface area (Å²) in [6, 6.07) is 2.59. The van der Waals surface area contributed by atoms with Gasteiger partial charge < -0.3 is 4.90 Å². The van der Waals surface area contributed by atoms with E-state index >= 15 is 0 Å². The Morgan fingerprint density at radius 3 is 2.29 bits per heavy atom. The molecule has 1 fully saturated rings. The molecule has 0 aromatic carbocycles. The van der Waals surface area contributed by atoms with Gasteiger partial charge >= 0.3 is 0 Å². The molecule has 2 atom stereocenters. The zero-order valence-corrected chi connectivity index (χ0v) is 14.6. The van der Waals surface area contributed by atoms with Crippen LogP contribution in [0.1, 0.15) is 61.3 Å². The van der Waals surface area contributed by atoms with Crippen LogP contribution in [0.2, 0.25) is 0 Å². The van der Waals surface area contributed by atoms with E-state index in [2.05, 4.69) is 59.4 Å². The van der Waals surface area contributed by atoms with E-state index in [-0.39, 0.29) is 16.9 Å². The molecule has 0 bridgehead atoms. The maximum Gasteiger partial charge on any atom is 0.109 e. The number of nitrogens with zero attached hydrogens (tertiary/aromatic N) is 3. The molecular formula is C18H29N3. The van der Waals surface area contributed by atoms with Gasteiger partial charge in [0.05, 0.1) is 12.1 Å². The van der Waals surface area contributed by atoms with Crippen LogP contribution < -0.4 is 0 Å². The zero-order chi connectivity index (χ0) is 16.0. The topological polar surface area (TPSA) is 39.4 Å². The molecule has 21 heavy (non-hydrogen) atoms. The molecule has 0 aromatic heterocycles. The molecule has 0 saturated carbocycles. The normalized spacial score (nSPS) is 26.6. The summed E-state index contributed by atoms with van der Waals surface area (Å²) in [6.07, 6.45) is 1.67.